The number of hydrogen-bond acceptors (Lipinski definition) is 6. The molecule has 1 aliphatic rings. The summed E-state index contributed by atoms with van der Waals surface area (Å²) in [6.45, 7) is 2.07. The molecule has 3 rings (SSSR count). The maximum absolute atomic E-state index is 13.6. The van der Waals surface area contributed by atoms with Crippen molar-refractivity contribution in [2.45, 2.75) is 26.1 Å². The van der Waals surface area contributed by atoms with Gasteiger partial charge in [0.15, 0.2) is 12.2 Å². The summed E-state index contributed by atoms with van der Waals surface area (Å²) in [5.74, 6) is -0.629. The van der Waals surface area contributed by atoms with Gasteiger partial charge in [0.25, 0.3) is 0 Å². The van der Waals surface area contributed by atoms with Gasteiger partial charge in [-0.3, -0.25) is 4.72 Å². The molecule has 2 aromatic rings. The average molecular weight is 432 g/mol. The van der Waals surface area contributed by atoms with Crippen molar-refractivity contribution in [1.82, 2.24) is 4.65 Å². The van der Waals surface area contributed by atoms with E-state index in [-0.39, 0.29) is 23.5 Å². The van der Waals surface area contributed by atoms with E-state index in [0.29, 0.717) is 11.4 Å². The van der Waals surface area contributed by atoms with Gasteiger partial charge < -0.3 is 10.1 Å². The van der Waals surface area contributed by atoms with E-state index in [0.717, 1.165) is 6.26 Å². The van der Waals surface area contributed by atoms with Crippen LogP contribution in [0.4, 0.5) is 21.5 Å². The monoisotopic (exact) mass is 432 g/mol. The van der Waals surface area contributed by atoms with Crippen LogP contribution in [0.1, 0.15) is 25.0 Å². The number of hydrogen-bond donors (Lipinski definition) is 1. The summed E-state index contributed by atoms with van der Waals surface area (Å²) >= 11 is 0. The van der Waals surface area contributed by atoms with Gasteiger partial charge in [0, 0.05) is 29.1 Å². The number of nitrogens with zero attached hydrogens (tertiary/aromatic N) is 3. The third-order valence-corrected chi connectivity index (χ3v) is 5.73. The van der Waals surface area contributed by atoms with Gasteiger partial charge >= 0.3 is 5.91 Å². The first-order valence-corrected chi connectivity index (χ1v) is 10.9. The number of rotatable bonds is 5. The second-order valence-electron chi connectivity index (χ2n) is 7.68. The van der Waals surface area contributed by atoms with Gasteiger partial charge in [-0.05, 0) is 44.2 Å². The molecule has 1 N–H and O–H groups in total. The Balaban J connectivity index is 1.99. The Morgan fingerprint density at radius 2 is 1.90 bits per heavy atom. The van der Waals surface area contributed by atoms with Gasteiger partial charge in [-0.1, -0.05) is 0 Å². The minimum absolute atomic E-state index is 0.0533. The molecule has 1 saturated heterocycles. The maximum atomic E-state index is 13.6. The number of carbonyl (C=O) groups is 1. The minimum Gasteiger partial charge on any atom is -0.618 e. The standard InChI is InChI=1S/C20H21FN4O4S/c1-20(2)19(26)25(27,18-9-4-14(12-22)15(10-18)11-21)13-24(20)17-7-5-16(6-8-17)23-30(3,28)29/h4-10,23H,11,13H2,1-3H3. The van der Waals surface area contributed by atoms with Crippen molar-refractivity contribution in [2.24, 2.45) is 0 Å². The number of sulfonamides is 1. The largest absolute Gasteiger partial charge is 0.618 e. The molecule has 8 nitrogen and oxygen atoms in total. The molecule has 10 heteroatoms. The number of benzene rings is 2. The van der Waals surface area contributed by atoms with Crippen LogP contribution in [0.25, 0.3) is 0 Å². The van der Waals surface area contributed by atoms with E-state index in [9.17, 15) is 22.8 Å². The van der Waals surface area contributed by atoms with Gasteiger partial charge in [0.2, 0.25) is 10.0 Å². The summed E-state index contributed by atoms with van der Waals surface area (Å²) in [6.07, 6.45) is 1.04. The van der Waals surface area contributed by atoms with Gasteiger partial charge in [-0.15, -0.1) is 0 Å². The van der Waals surface area contributed by atoms with E-state index in [1.165, 1.54) is 30.3 Å². The summed E-state index contributed by atoms with van der Waals surface area (Å²) in [5, 5.41) is 22.7. The number of quaternary nitrogens is 1. The number of anilines is 2. The molecule has 1 aliphatic heterocycles. The number of carbonyl (C=O) groups excluding carboxylic acids is 1. The van der Waals surface area contributed by atoms with Crippen LogP contribution in [0.2, 0.25) is 0 Å². The smallest absolute Gasteiger partial charge is 0.345 e. The second kappa shape index (κ2) is 7.36. The van der Waals surface area contributed by atoms with E-state index in [1.54, 1.807) is 30.9 Å². The Morgan fingerprint density at radius 3 is 2.43 bits per heavy atom. The van der Waals surface area contributed by atoms with E-state index < -0.39 is 32.8 Å². The predicted octanol–water partition coefficient (Wildman–Crippen LogP) is 2.99. The fourth-order valence-corrected chi connectivity index (χ4v) is 4.11. The predicted molar refractivity (Wildman–Crippen MR) is 112 cm³/mol. The first kappa shape index (κ1) is 21.7. The number of amides is 1. The molecular weight excluding hydrogens is 411 g/mol. The molecular formula is C20H21FN4O4S. The lowest BCUT2D eigenvalue weighted by atomic mass is 10.0. The average Bonchev–Trinajstić information content (AvgIpc) is 2.88. The highest BCUT2D eigenvalue weighted by molar-refractivity contribution is 7.92. The molecule has 2 aromatic carbocycles. The van der Waals surface area contributed by atoms with Crippen molar-refractivity contribution in [3.8, 4) is 6.07 Å². The lowest BCUT2D eigenvalue weighted by Crippen LogP contribution is -2.49. The molecule has 0 radical (unpaired) electrons. The lowest BCUT2D eigenvalue weighted by Gasteiger charge is -2.35. The molecule has 1 atom stereocenters. The highest BCUT2D eigenvalue weighted by Crippen LogP contribution is 2.40. The maximum Gasteiger partial charge on any atom is 0.345 e. The van der Waals surface area contributed by atoms with Gasteiger partial charge in [0.1, 0.15) is 12.4 Å². The first-order valence-electron chi connectivity index (χ1n) is 9.01. The molecule has 0 aliphatic carbocycles. The van der Waals surface area contributed by atoms with Crippen LogP contribution in [0.3, 0.4) is 0 Å². The molecule has 0 spiro atoms. The fourth-order valence-electron chi connectivity index (χ4n) is 3.55. The minimum atomic E-state index is -3.43. The third kappa shape index (κ3) is 3.75. The Kier molecular flexibility index (Phi) is 5.32. The highest BCUT2D eigenvalue weighted by Gasteiger charge is 2.55. The zero-order chi connectivity index (χ0) is 22.3. The number of nitrogens with one attached hydrogen (secondary N) is 1. The molecule has 0 bridgehead atoms. The number of nitriles is 1. The van der Waals surface area contributed by atoms with E-state index >= 15 is 0 Å². The topological polar surface area (TPSA) is 113 Å². The second-order valence-corrected chi connectivity index (χ2v) is 9.43. The summed E-state index contributed by atoms with van der Waals surface area (Å²) in [7, 11) is -3.43. The normalized spacial score (nSPS) is 20.8. The lowest BCUT2D eigenvalue weighted by molar-refractivity contribution is -0.128. The number of halogens is 1. The van der Waals surface area contributed by atoms with Crippen LogP contribution in [0.15, 0.2) is 42.5 Å². The van der Waals surface area contributed by atoms with E-state index in [4.69, 9.17) is 5.26 Å². The van der Waals surface area contributed by atoms with Crippen LogP contribution in [-0.4, -0.2) is 32.8 Å². The van der Waals surface area contributed by atoms with Crippen molar-refractivity contribution in [2.75, 3.05) is 22.5 Å². The van der Waals surface area contributed by atoms with E-state index in [2.05, 4.69) is 4.72 Å². The van der Waals surface area contributed by atoms with Crippen LogP contribution in [0, 0.1) is 16.5 Å². The van der Waals surface area contributed by atoms with E-state index in [1.807, 2.05) is 6.07 Å². The molecule has 0 aromatic heterocycles. The molecule has 1 unspecified atom stereocenters. The van der Waals surface area contributed by atoms with Crippen molar-refractivity contribution in [3.05, 3.63) is 58.8 Å². The van der Waals surface area contributed by atoms with Crippen molar-refractivity contribution < 1.29 is 17.6 Å². The fraction of sp³-hybridized carbons (Fsp3) is 0.300. The summed E-state index contributed by atoms with van der Waals surface area (Å²) in [5.41, 5.74) is -0.0300. The zero-order valence-electron chi connectivity index (χ0n) is 16.7. The van der Waals surface area contributed by atoms with Crippen molar-refractivity contribution >= 4 is 33.0 Å². The van der Waals surface area contributed by atoms with Crippen LogP contribution >= 0.6 is 0 Å². The SMILES string of the molecule is CC1(C)C(=O)[N+]([O-])(c2ccc(C#N)c(CF)c2)CN1c1ccc(NS(C)(=O)=O)cc1. The van der Waals surface area contributed by atoms with Crippen LogP contribution in [0.5, 0.6) is 0 Å². The molecule has 1 fully saturated rings. The van der Waals surface area contributed by atoms with Crippen LogP contribution < -0.4 is 14.3 Å². The summed E-state index contributed by atoms with van der Waals surface area (Å²) < 4.78 is 37.1. The van der Waals surface area contributed by atoms with Gasteiger partial charge in [0.05, 0.1) is 17.9 Å². The Hall–Kier alpha value is -3.00. The summed E-state index contributed by atoms with van der Waals surface area (Å²) in [4.78, 5) is 14.7. The van der Waals surface area contributed by atoms with Crippen molar-refractivity contribution in [1.29, 1.82) is 5.26 Å². The van der Waals surface area contributed by atoms with Gasteiger partial charge in [-0.25, -0.2) is 22.2 Å². The summed E-state index contributed by atoms with van der Waals surface area (Å²) in [6, 6.07) is 12.2. The molecule has 1 heterocycles. The van der Waals surface area contributed by atoms with Crippen molar-refractivity contribution in [3.63, 3.8) is 0 Å². The zero-order valence-corrected chi connectivity index (χ0v) is 17.5. The molecule has 0 saturated carbocycles. The quantitative estimate of drug-likeness (QED) is 0.574. The van der Waals surface area contributed by atoms with Crippen LogP contribution in [-0.2, 0) is 21.5 Å². The third-order valence-electron chi connectivity index (χ3n) is 5.12. The van der Waals surface area contributed by atoms with Gasteiger partial charge in [-0.2, -0.15) is 5.26 Å². The number of alkyl halides is 1. The molecule has 158 valence electrons. The Labute approximate surface area is 174 Å². The Bertz CT molecular complexity index is 1140. The molecule has 30 heavy (non-hydrogen) atoms. The first-order chi connectivity index (χ1) is 13.9. The Morgan fingerprint density at radius 1 is 1.27 bits per heavy atom. The highest BCUT2D eigenvalue weighted by atomic mass is 32.2. The molecule has 1 amide bonds. The number of hydroxylamine groups is 2.